The van der Waals surface area contributed by atoms with Crippen molar-refractivity contribution in [2.24, 2.45) is 5.73 Å². The van der Waals surface area contributed by atoms with Gasteiger partial charge in [0.2, 0.25) is 0 Å². The van der Waals surface area contributed by atoms with Crippen LogP contribution in [-0.4, -0.2) is 16.4 Å². The highest BCUT2D eigenvalue weighted by molar-refractivity contribution is 7.80. The first-order valence-electron chi connectivity index (χ1n) is 7.78. The first kappa shape index (κ1) is 16.0. The molecule has 0 unspecified atom stereocenters. The molecule has 0 radical (unpaired) electrons. The Kier molecular flexibility index (Phi) is 5.39. The fourth-order valence-corrected chi connectivity index (χ4v) is 3.17. The van der Waals surface area contributed by atoms with Crippen LogP contribution in [0.25, 0.3) is 0 Å². The molecule has 0 aromatic carbocycles. The van der Waals surface area contributed by atoms with E-state index in [0.717, 1.165) is 37.9 Å². The van der Waals surface area contributed by atoms with E-state index in [9.17, 15) is 4.79 Å². The zero-order chi connectivity index (χ0) is 15.3. The SMILES string of the molecule is CCc1ccc(C(=O)NC2(C(N)=S)CCCCCCC2)o1. The summed E-state index contributed by atoms with van der Waals surface area (Å²) in [4.78, 5) is 12.8. The van der Waals surface area contributed by atoms with Crippen molar-refractivity contribution in [2.75, 3.05) is 0 Å². The quantitative estimate of drug-likeness (QED) is 0.837. The molecule has 2 rings (SSSR count). The van der Waals surface area contributed by atoms with Crippen molar-refractivity contribution in [3.63, 3.8) is 0 Å². The number of aryl methyl sites for hydroxylation is 1. The van der Waals surface area contributed by atoms with Gasteiger partial charge in [0, 0.05) is 6.42 Å². The van der Waals surface area contributed by atoms with E-state index in [-0.39, 0.29) is 5.91 Å². The van der Waals surface area contributed by atoms with Gasteiger partial charge in [-0.15, -0.1) is 0 Å². The summed E-state index contributed by atoms with van der Waals surface area (Å²) >= 11 is 5.26. The molecule has 5 heteroatoms. The van der Waals surface area contributed by atoms with Crippen LogP contribution in [0.1, 0.15) is 68.2 Å². The monoisotopic (exact) mass is 308 g/mol. The van der Waals surface area contributed by atoms with E-state index in [1.54, 1.807) is 6.07 Å². The topological polar surface area (TPSA) is 68.3 Å². The van der Waals surface area contributed by atoms with Gasteiger partial charge >= 0.3 is 0 Å². The molecule has 1 saturated carbocycles. The van der Waals surface area contributed by atoms with Crippen molar-refractivity contribution in [1.29, 1.82) is 0 Å². The maximum absolute atomic E-state index is 12.4. The van der Waals surface area contributed by atoms with Crippen molar-refractivity contribution < 1.29 is 9.21 Å². The number of furan rings is 1. The summed E-state index contributed by atoms with van der Waals surface area (Å²) in [5.41, 5.74) is 5.40. The van der Waals surface area contributed by atoms with Gasteiger partial charge in [0.25, 0.3) is 5.91 Å². The van der Waals surface area contributed by atoms with E-state index in [1.165, 1.54) is 19.3 Å². The second-order valence-corrected chi connectivity index (χ2v) is 6.23. The van der Waals surface area contributed by atoms with Crippen LogP contribution in [-0.2, 0) is 6.42 Å². The van der Waals surface area contributed by atoms with Gasteiger partial charge in [0.1, 0.15) is 5.76 Å². The molecule has 116 valence electrons. The Hall–Kier alpha value is -1.36. The van der Waals surface area contributed by atoms with Crippen LogP contribution in [0.5, 0.6) is 0 Å². The lowest BCUT2D eigenvalue weighted by atomic mass is 9.83. The van der Waals surface area contributed by atoms with Gasteiger partial charge in [-0.3, -0.25) is 4.79 Å². The summed E-state index contributed by atoms with van der Waals surface area (Å²) in [7, 11) is 0. The molecule has 1 aliphatic carbocycles. The highest BCUT2D eigenvalue weighted by Crippen LogP contribution is 2.27. The van der Waals surface area contributed by atoms with Crippen molar-refractivity contribution in [3.05, 3.63) is 23.7 Å². The minimum Gasteiger partial charge on any atom is -0.456 e. The zero-order valence-corrected chi connectivity index (χ0v) is 13.4. The Balaban J connectivity index is 2.14. The first-order chi connectivity index (χ1) is 10.1. The number of hydrogen-bond acceptors (Lipinski definition) is 3. The minimum absolute atomic E-state index is 0.219. The van der Waals surface area contributed by atoms with Gasteiger partial charge in [0.05, 0.1) is 10.5 Å². The lowest BCUT2D eigenvalue weighted by molar-refractivity contribution is 0.0882. The molecule has 1 amide bonds. The third-order valence-corrected chi connectivity index (χ3v) is 4.66. The third kappa shape index (κ3) is 3.84. The molecule has 3 N–H and O–H groups in total. The minimum atomic E-state index is -0.563. The van der Waals surface area contributed by atoms with Crippen LogP contribution in [0.3, 0.4) is 0 Å². The number of amides is 1. The van der Waals surface area contributed by atoms with Crippen LogP contribution < -0.4 is 11.1 Å². The lowest BCUT2D eigenvalue weighted by Crippen LogP contribution is -2.56. The fraction of sp³-hybridized carbons (Fsp3) is 0.625. The number of nitrogens with one attached hydrogen (secondary N) is 1. The van der Waals surface area contributed by atoms with Crippen LogP contribution in [0.4, 0.5) is 0 Å². The maximum atomic E-state index is 12.4. The van der Waals surface area contributed by atoms with E-state index >= 15 is 0 Å². The molecule has 0 spiro atoms. The number of thiocarbonyl (C=S) groups is 1. The van der Waals surface area contributed by atoms with Crippen LogP contribution in [0.15, 0.2) is 16.5 Å². The predicted octanol–water partition coefficient (Wildman–Crippen LogP) is 3.34. The number of rotatable bonds is 4. The van der Waals surface area contributed by atoms with Gasteiger partial charge in [-0.25, -0.2) is 0 Å². The molecule has 1 aromatic heterocycles. The number of carbonyl (C=O) groups excluding carboxylic acids is 1. The third-order valence-electron chi connectivity index (χ3n) is 4.27. The molecule has 4 nitrogen and oxygen atoms in total. The molecule has 0 bridgehead atoms. The normalized spacial score (nSPS) is 18.5. The summed E-state index contributed by atoms with van der Waals surface area (Å²) in [6, 6.07) is 3.55. The molecule has 21 heavy (non-hydrogen) atoms. The Morgan fingerprint density at radius 2 is 1.90 bits per heavy atom. The highest BCUT2D eigenvalue weighted by atomic mass is 32.1. The van der Waals surface area contributed by atoms with Gasteiger partial charge in [0.15, 0.2) is 5.76 Å². The summed E-state index contributed by atoms with van der Waals surface area (Å²) in [5.74, 6) is 0.926. The Morgan fingerprint density at radius 3 is 2.43 bits per heavy atom. The van der Waals surface area contributed by atoms with E-state index in [0.29, 0.717) is 10.7 Å². The molecule has 0 aliphatic heterocycles. The highest BCUT2D eigenvalue weighted by Gasteiger charge is 2.35. The van der Waals surface area contributed by atoms with Crippen LogP contribution in [0, 0.1) is 0 Å². The number of nitrogens with two attached hydrogens (primary N) is 1. The van der Waals surface area contributed by atoms with Crippen molar-refractivity contribution in [3.8, 4) is 0 Å². The second-order valence-electron chi connectivity index (χ2n) is 5.79. The van der Waals surface area contributed by atoms with Crippen LogP contribution >= 0.6 is 12.2 Å². The summed E-state index contributed by atoms with van der Waals surface area (Å²) in [6.07, 6.45) is 8.06. The van der Waals surface area contributed by atoms with Crippen molar-refractivity contribution in [2.45, 2.75) is 63.8 Å². The Bertz CT molecular complexity index is 502. The molecule has 1 heterocycles. The van der Waals surface area contributed by atoms with E-state index in [1.807, 2.05) is 13.0 Å². The van der Waals surface area contributed by atoms with Gasteiger partial charge in [-0.2, -0.15) is 0 Å². The largest absolute Gasteiger partial charge is 0.456 e. The van der Waals surface area contributed by atoms with Gasteiger partial charge < -0.3 is 15.5 Å². The van der Waals surface area contributed by atoms with Crippen molar-refractivity contribution >= 4 is 23.1 Å². The zero-order valence-electron chi connectivity index (χ0n) is 12.6. The van der Waals surface area contributed by atoms with Crippen LogP contribution in [0.2, 0.25) is 0 Å². The molecular formula is C16H24N2O2S. The summed E-state index contributed by atoms with van der Waals surface area (Å²) in [6.45, 7) is 1.99. The average molecular weight is 308 g/mol. The molecule has 1 fully saturated rings. The van der Waals surface area contributed by atoms with Gasteiger partial charge in [-0.1, -0.05) is 51.2 Å². The molecular weight excluding hydrogens is 284 g/mol. The smallest absolute Gasteiger partial charge is 0.287 e. The van der Waals surface area contributed by atoms with E-state index in [2.05, 4.69) is 5.32 Å². The lowest BCUT2D eigenvalue weighted by Gasteiger charge is -2.35. The molecule has 1 aromatic rings. The second kappa shape index (κ2) is 7.07. The van der Waals surface area contributed by atoms with E-state index < -0.39 is 5.54 Å². The fourth-order valence-electron chi connectivity index (χ4n) is 2.91. The predicted molar refractivity (Wildman–Crippen MR) is 87.4 cm³/mol. The molecule has 0 atom stereocenters. The van der Waals surface area contributed by atoms with Gasteiger partial charge in [-0.05, 0) is 25.0 Å². The molecule has 0 saturated heterocycles. The van der Waals surface area contributed by atoms with Crippen molar-refractivity contribution in [1.82, 2.24) is 5.32 Å². The Labute approximate surface area is 131 Å². The Morgan fingerprint density at radius 1 is 1.29 bits per heavy atom. The maximum Gasteiger partial charge on any atom is 0.287 e. The standard InChI is InChI=1S/C16H24N2O2S/c1-2-12-8-9-13(20-12)14(19)18-16(15(17)21)10-6-4-3-5-7-11-16/h8-9H,2-7,10-11H2,1H3,(H2,17,21)(H,18,19). The first-order valence-corrected chi connectivity index (χ1v) is 8.19. The average Bonchev–Trinajstić information content (AvgIpc) is 2.90. The summed E-state index contributed by atoms with van der Waals surface area (Å²) < 4.78 is 5.52. The van der Waals surface area contributed by atoms with E-state index in [4.69, 9.17) is 22.4 Å². The number of hydrogen-bond donors (Lipinski definition) is 2. The summed E-state index contributed by atoms with van der Waals surface area (Å²) in [5, 5.41) is 3.05. The number of carbonyl (C=O) groups is 1. The molecule has 1 aliphatic rings.